The van der Waals surface area contributed by atoms with Crippen LogP contribution in [0.15, 0.2) is 24.3 Å². The Morgan fingerprint density at radius 1 is 1.34 bits per heavy atom. The predicted molar refractivity (Wildman–Crippen MR) is 106 cm³/mol. The van der Waals surface area contributed by atoms with Gasteiger partial charge in [-0.2, -0.15) is 5.10 Å². The van der Waals surface area contributed by atoms with Gasteiger partial charge in [-0.3, -0.25) is 0 Å². The minimum atomic E-state index is -0.640. The van der Waals surface area contributed by atoms with E-state index in [0.717, 1.165) is 12.2 Å². The molecular weight excluding hydrogens is 377 g/mol. The molecule has 2 aromatic rings. The number of benzene rings is 1. The number of rotatable bonds is 6. The van der Waals surface area contributed by atoms with E-state index in [-0.39, 0.29) is 17.8 Å². The molecule has 0 spiro atoms. The lowest BCUT2D eigenvalue weighted by atomic mass is 9.83. The molecule has 2 amide bonds. The Kier molecular flexibility index (Phi) is 6.81. The Balaban J connectivity index is 1.68. The average molecular weight is 405 g/mol. The van der Waals surface area contributed by atoms with Crippen LogP contribution in [0, 0.1) is 5.82 Å². The number of nitrogens with zero attached hydrogens (tertiary/aromatic N) is 3. The molecule has 1 aliphatic carbocycles. The summed E-state index contributed by atoms with van der Waals surface area (Å²) < 4.78 is 20.1. The van der Waals surface area contributed by atoms with Crippen LogP contribution in [0.3, 0.4) is 0 Å². The van der Waals surface area contributed by atoms with Crippen LogP contribution >= 0.6 is 0 Å². The number of aliphatic hydroxyl groups is 1. The number of anilines is 1. The first kappa shape index (κ1) is 21.2. The van der Waals surface area contributed by atoms with Crippen LogP contribution in [0.25, 0.3) is 0 Å². The third-order valence-electron chi connectivity index (χ3n) is 5.06. The molecule has 3 N–H and O–H groups in total. The Labute approximate surface area is 169 Å². The van der Waals surface area contributed by atoms with Crippen molar-refractivity contribution in [3.05, 3.63) is 41.7 Å². The highest BCUT2D eigenvalue weighted by molar-refractivity contribution is 5.89. The first-order valence-electron chi connectivity index (χ1n) is 9.82. The van der Waals surface area contributed by atoms with Gasteiger partial charge in [-0.25, -0.2) is 18.9 Å². The average Bonchev–Trinajstić information content (AvgIpc) is 3.10. The van der Waals surface area contributed by atoms with Crippen LogP contribution in [0.2, 0.25) is 0 Å². The molecule has 3 atom stereocenters. The van der Waals surface area contributed by atoms with E-state index >= 15 is 0 Å². The van der Waals surface area contributed by atoms with Crippen molar-refractivity contribution in [1.29, 1.82) is 0 Å². The summed E-state index contributed by atoms with van der Waals surface area (Å²) in [5, 5.41) is 20.4. The fourth-order valence-corrected chi connectivity index (χ4v) is 3.64. The van der Waals surface area contributed by atoms with E-state index < -0.39 is 18.2 Å². The quantitative estimate of drug-likeness (QED) is 0.686. The van der Waals surface area contributed by atoms with Crippen molar-refractivity contribution in [2.75, 3.05) is 12.4 Å². The molecule has 29 heavy (non-hydrogen) atoms. The van der Waals surface area contributed by atoms with E-state index in [2.05, 4.69) is 20.7 Å². The molecule has 0 bridgehead atoms. The topological polar surface area (TPSA) is 101 Å². The number of hydrogen-bond acceptors (Lipinski definition) is 5. The maximum atomic E-state index is 13.0. The number of nitrogens with one attached hydrogen (secondary N) is 2. The second-order valence-corrected chi connectivity index (χ2v) is 7.65. The van der Waals surface area contributed by atoms with E-state index in [1.165, 1.54) is 24.3 Å². The Hall–Kier alpha value is -2.52. The standard InChI is InChI=1S/C20H28FN5O3/c1-12(2)26-19(24-18(25-26)11-29-3)13-4-9-17(27)16(10-13)23-20(28)22-15-7-5-14(21)6-8-15/h5-8,12-13,16-17,27H,4,9-11H2,1-3H3,(H2,22,23,28)/t13-,16+,17+/m0/s1. The van der Waals surface area contributed by atoms with Crippen molar-refractivity contribution in [3.63, 3.8) is 0 Å². The van der Waals surface area contributed by atoms with Gasteiger partial charge < -0.3 is 20.5 Å². The van der Waals surface area contributed by atoms with Crippen LogP contribution in [-0.2, 0) is 11.3 Å². The van der Waals surface area contributed by atoms with Gasteiger partial charge in [-0.05, 0) is 57.4 Å². The van der Waals surface area contributed by atoms with E-state index in [0.29, 0.717) is 31.0 Å². The molecule has 0 aliphatic heterocycles. The monoisotopic (exact) mass is 405 g/mol. The molecule has 1 aliphatic rings. The molecule has 1 aromatic carbocycles. The summed E-state index contributed by atoms with van der Waals surface area (Å²) in [6.45, 7) is 4.42. The molecule has 1 aromatic heterocycles. The number of ether oxygens (including phenoxy) is 1. The van der Waals surface area contributed by atoms with Gasteiger partial charge >= 0.3 is 6.03 Å². The van der Waals surface area contributed by atoms with Crippen molar-refractivity contribution < 1.29 is 19.0 Å². The smallest absolute Gasteiger partial charge is 0.319 e. The lowest BCUT2D eigenvalue weighted by Crippen LogP contribution is -2.48. The van der Waals surface area contributed by atoms with Crippen LogP contribution in [0.5, 0.6) is 0 Å². The molecule has 8 nitrogen and oxygen atoms in total. The lowest BCUT2D eigenvalue weighted by molar-refractivity contribution is 0.0858. The molecule has 9 heteroatoms. The van der Waals surface area contributed by atoms with Crippen LogP contribution in [-0.4, -0.2) is 45.2 Å². The highest BCUT2D eigenvalue weighted by atomic mass is 19.1. The molecule has 1 saturated carbocycles. The molecule has 0 saturated heterocycles. The maximum absolute atomic E-state index is 13.0. The molecule has 3 rings (SSSR count). The molecule has 0 unspecified atom stereocenters. The van der Waals surface area contributed by atoms with Crippen molar-refractivity contribution in [3.8, 4) is 0 Å². The van der Waals surface area contributed by atoms with Crippen molar-refractivity contribution in [2.45, 2.75) is 63.8 Å². The highest BCUT2D eigenvalue weighted by Gasteiger charge is 2.34. The summed E-state index contributed by atoms with van der Waals surface area (Å²) in [5.41, 5.74) is 0.481. The number of halogens is 1. The largest absolute Gasteiger partial charge is 0.391 e. The second kappa shape index (κ2) is 9.32. The maximum Gasteiger partial charge on any atom is 0.319 e. The summed E-state index contributed by atoms with van der Waals surface area (Å²) in [5.74, 6) is 1.17. The zero-order chi connectivity index (χ0) is 21.0. The van der Waals surface area contributed by atoms with E-state index in [1.807, 2.05) is 18.5 Å². The zero-order valence-electron chi connectivity index (χ0n) is 16.9. The first-order valence-corrected chi connectivity index (χ1v) is 9.82. The first-order chi connectivity index (χ1) is 13.9. The van der Waals surface area contributed by atoms with Gasteiger partial charge in [-0.15, -0.1) is 0 Å². The fraction of sp³-hybridized carbons (Fsp3) is 0.550. The molecule has 1 heterocycles. The van der Waals surface area contributed by atoms with Crippen molar-refractivity contribution >= 4 is 11.7 Å². The number of hydrogen-bond donors (Lipinski definition) is 3. The number of aliphatic hydroxyl groups excluding tert-OH is 1. The molecular formula is C20H28FN5O3. The Bertz CT molecular complexity index is 824. The lowest BCUT2D eigenvalue weighted by Gasteiger charge is -2.33. The van der Waals surface area contributed by atoms with E-state index in [1.54, 1.807) is 7.11 Å². The van der Waals surface area contributed by atoms with Crippen molar-refractivity contribution in [1.82, 2.24) is 20.1 Å². The number of urea groups is 1. The number of aromatic nitrogens is 3. The van der Waals surface area contributed by atoms with Crippen LogP contribution in [0.1, 0.15) is 56.7 Å². The molecule has 1 fully saturated rings. The van der Waals surface area contributed by atoms with Gasteiger partial charge in [0.2, 0.25) is 0 Å². The molecule has 158 valence electrons. The summed E-state index contributed by atoms with van der Waals surface area (Å²) in [6, 6.07) is 4.80. The third-order valence-corrected chi connectivity index (χ3v) is 5.06. The predicted octanol–water partition coefficient (Wildman–Crippen LogP) is 2.96. The summed E-state index contributed by atoms with van der Waals surface area (Å²) >= 11 is 0. The van der Waals surface area contributed by atoms with Gasteiger partial charge in [0.05, 0.1) is 12.1 Å². The van der Waals surface area contributed by atoms with Gasteiger partial charge in [0.15, 0.2) is 5.82 Å². The number of carbonyl (C=O) groups is 1. The summed E-state index contributed by atoms with van der Waals surface area (Å²) in [4.78, 5) is 17.0. The van der Waals surface area contributed by atoms with Crippen LogP contribution < -0.4 is 10.6 Å². The SMILES string of the molecule is COCc1nc([C@H]2CC[C@@H](O)[C@H](NC(=O)Nc3ccc(F)cc3)C2)n(C(C)C)n1. The van der Waals surface area contributed by atoms with Crippen molar-refractivity contribution in [2.24, 2.45) is 0 Å². The third kappa shape index (κ3) is 5.30. The number of amides is 2. The summed E-state index contributed by atoms with van der Waals surface area (Å²) in [6.07, 6.45) is 1.22. The Morgan fingerprint density at radius 2 is 2.07 bits per heavy atom. The molecule has 0 radical (unpaired) electrons. The van der Waals surface area contributed by atoms with Crippen LogP contribution in [0.4, 0.5) is 14.9 Å². The van der Waals surface area contributed by atoms with Gasteiger partial charge in [0.1, 0.15) is 18.2 Å². The second-order valence-electron chi connectivity index (χ2n) is 7.65. The van der Waals surface area contributed by atoms with Gasteiger partial charge in [0, 0.05) is 24.8 Å². The van der Waals surface area contributed by atoms with Gasteiger partial charge in [-0.1, -0.05) is 0 Å². The van der Waals surface area contributed by atoms with E-state index in [4.69, 9.17) is 4.74 Å². The Morgan fingerprint density at radius 3 is 2.72 bits per heavy atom. The minimum absolute atomic E-state index is 0.0648. The summed E-state index contributed by atoms with van der Waals surface area (Å²) in [7, 11) is 1.60. The minimum Gasteiger partial charge on any atom is -0.391 e. The zero-order valence-corrected chi connectivity index (χ0v) is 16.9. The normalized spacial score (nSPS) is 21.9. The van der Waals surface area contributed by atoms with E-state index in [9.17, 15) is 14.3 Å². The fourth-order valence-electron chi connectivity index (χ4n) is 3.64. The van der Waals surface area contributed by atoms with Gasteiger partial charge in [0.25, 0.3) is 0 Å². The highest BCUT2D eigenvalue weighted by Crippen LogP contribution is 2.33. The number of methoxy groups -OCH3 is 1. The number of carbonyl (C=O) groups excluding carboxylic acids is 1.